The van der Waals surface area contributed by atoms with Crippen LogP contribution in [0.15, 0.2) is 12.0 Å². The van der Waals surface area contributed by atoms with Gasteiger partial charge in [0.05, 0.1) is 0 Å². The molecule has 0 bridgehead atoms. The van der Waals surface area contributed by atoms with Crippen LogP contribution in [0.1, 0.15) is 13.3 Å². The quantitative estimate of drug-likeness (QED) is 0.557. The van der Waals surface area contributed by atoms with Gasteiger partial charge >= 0.3 is 0 Å². The van der Waals surface area contributed by atoms with E-state index in [1.54, 1.807) is 0 Å². The highest BCUT2D eigenvalue weighted by atomic mass is 32.2. The number of amides is 1. The van der Waals surface area contributed by atoms with Crippen molar-refractivity contribution in [2.45, 2.75) is 13.3 Å². The fourth-order valence-corrected chi connectivity index (χ4v) is 1.45. The van der Waals surface area contributed by atoms with E-state index in [1.165, 1.54) is 0 Å². The van der Waals surface area contributed by atoms with Crippen LogP contribution in [0.4, 0.5) is 0 Å². The summed E-state index contributed by atoms with van der Waals surface area (Å²) in [7, 11) is -3.35. The first kappa shape index (κ1) is 13.1. The first-order valence-corrected chi connectivity index (χ1v) is 5.89. The van der Waals surface area contributed by atoms with E-state index in [-0.39, 0.29) is 5.92 Å². The molecule has 82 valence electrons. The van der Waals surface area contributed by atoms with E-state index in [9.17, 15) is 13.2 Å². The standard InChI is InChI=1S/C8H16N2O3S/c1-3-8(5-9-7-11)6-10-14(12,13)4-2/h4,7-8,10H,2-3,5-6H2,1H3,(H,9,11). The van der Waals surface area contributed by atoms with Gasteiger partial charge in [0, 0.05) is 18.5 Å². The largest absolute Gasteiger partial charge is 0.358 e. The lowest BCUT2D eigenvalue weighted by atomic mass is 10.1. The summed E-state index contributed by atoms with van der Waals surface area (Å²) in [5.41, 5.74) is 0. The van der Waals surface area contributed by atoms with Crippen molar-refractivity contribution in [3.05, 3.63) is 12.0 Å². The van der Waals surface area contributed by atoms with Crippen molar-refractivity contribution < 1.29 is 13.2 Å². The van der Waals surface area contributed by atoms with Crippen molar-refractivity contribution in [2.75, 3.05) is 13.1 Å². The molecule has 0 aromatic heterocycles. The predicted molar refractivity (Wildman–Crippen MR) is 55.0 cm³/mol. The molecule has 0 heterocycles. The molecule has 0 spiro atoms. The molecular weight excluding hydrogens is 204 g/mol. The number of nitrogens with one attached hydrogen (secondary N) is 2. The molecule has 6 heteroatoms. The van der Waals surface area contributed by atoms with E-state index >= 15 is 0 Å². The monoisotopic (exact) mass is 220 g/mol. The van der Waals surface area contributed by atoms with Gasteiger partial charge in [-0.3, -0.25) is 4.79 Å². The molecule has 0 aliphatic rings. The van der Waals surface area contributed by atoms with E-state index in [1.807, 2.05) is 6.92 Å². The van der Waals surface area contributed by atoms with Crippen LogP contribution in [0.2, 0.25) is 0 Å². The van der Waals surface area contributed by atoms with Gasteiger partial charge in [0.25, 0.3) is 0 Å². The summed E-state index contributed by atoms with van der Waals surface area (Å²) in [6.45, 7) is 5.89. The Labute approximate surface area is 84.6 Å². The normalized spacial score (nSPS) is 13.2. The second kappa shape index (κ2) is 6.56. The average molecular weight is 220 g/mol. The van der Waals surface area contributed by atoms with Crippen LogP contribution >= 0.6 is 0 Å². The predicted octanol–water partition coefficient (Wildman–Crippen LogP) is -0.178. The van der Waals surface area contributed by atoms with Crippen molar-refractivity contribution in [1.29, 1.82) is 0 Å². The Morgan fingerprint density at radius 2 is 2.07 bits per heavy atom. The molecule has 14 heavy (non-hydrogen) atoms. The van der Waals surface area contributed by atoms with Gasteiger partial charge in [-0.25, -0.2) is 13.1 Å². The molecule has 0 aromatic rings. The average Bonchev–Trinajstić information content (AvgIpc) is 2.18. The smallest absolute Gasteiger partial charge is 0.233 e. The number of rotatable bonds is 8. The Kier molecular flexibility index (Phi) is 6.14. The van der Waals surface area contributed by atoms with Crippen LogP contribution in [0, 0.1) is 5.92 Å². The molecule has 0 aliphatic carbocycles. The summed E-state index contributed by atoms with van der Waals surface area (Å²) in [4.78, 5) is 10.0. The number of carbonyl (C=O) groups excluding carboxylic acids is 1. The van der Waals surface area contributed by atoms with Crippen LogP contribution in [0.25, 0.3) is 0 Å². The Morgan fingerprint density at radius 1 is 1.43 bits per heavy atom. The second-order valence-electron chi connectivity index (χ2n) is 2.86. The van der Waals surface area contributed by atoms with Gasteiger partial charge in [-0.15, -0.1) is 0 Å². The summed E-state index contributed by atoms with van der Waals surface area (Å²) in [6, 6.07) is 0. The molecule has 0 rings (SSSR count). The minimum absolute atomic E-state index is 0.106. The van der Waals surface area contributed by atoms with Gasteiger partial charge in [0.1, 0.15) is 0 Å². The lowest BCUT2D eigenvalue weighted by Gasteiger charge is -2.13. The third kappa shape index (κ3) is 5.71. The van der Waals surface area contributed by atoms with E-state index in [2.05, 4.69) is 16.6 Å². The zero-order valence-corrected chi connectivity index (χ0v) is 9.01. The molecule has 1 amide bonds. The SMILES string of the molecule is C=CS(=O)(=O)NCC(CC)CNC=O. The zero-order chi connectivity index (χ0) is 11.0. The molecule has 0 saturated heterocycles. The summed E-state index contributed by atoms with van der Waals surface area (Å²) >= 11 is 0. The molecule has 0 radical (unpaired) electrons. The first-order valence-electron chi connectivity index (χ1n) is 4.34. The molecule has 1 unspecified atom stereocenters. The van der Waals surface area contributed by atoms with Gasteiger partial charge in [0.15, 0.2) is 0 Å². The number of carbonyl (C=O) groups is 1. The molecule has 5 nitrogen and oxygen atoms in total. The van der Waals surface area contributed by atoms with Crippen LogP contribution < -0.4 is 10.0 Å². The molecule has 0 aromatic carbocycles. The molecule has 0 fully saturated rings. The molecule has 0 saturated carbocycles. The number of hydrogen-bond acceptors (Lipinski definition) is 3. The lowest BCUT2D eigenvalue weighted by molar-refractivity contribution is -0.109. The Morgan fingerprint density at radius 3 is 2.50 bits per heavy atom. The Bertz CT molecular complexity index is 274. The Balaban J connectivity index is 3.95. The van der Waals surface area contributed by atoms with Crippen molar-refractivity contribution >= 4 is 16.4 Å². The maximum absolute atomic E-state index is 11.0. The van der Waals surface area contributed by atoms with Crippen LogP contribution in [0.3, 0.4) is 0 Å². The van der Waals surface area contributed by atoms with E-state index in [0.29, 0.717) is 19.5 Å². The second-order valence-corrected chi connectivity index (χ2v) is 4.57. The van der Waals surface area contributed by atoms with Crippen molar-refractivity contribution in [3.8, 4) is 0 Å². The van der Waals surface area contributed by atoms with Crippen molar-refractivity contribution in [2.24, 2.45) is 5.92 Å². The first-order chi connectivity index (χ1) is 6.55. The minimum Gasteiger partial charge on any atom is -0.358 e. The van der Waals surface area contributed by atoms with Crippen molar-refractivity contribution in [1.82, 2.24) is 10.0 Å². The topological polar surface area (TPSA) is 75.3 Å². The minimum atomic E-state index is -3.35. The maximum Gasteiger partial charge on any atom is 0.233 e. The van der Waals surface area contributed by atoms with Gasteiger partial charge in [0.2, 0.25) is 16.4 Å². The molecule has 0 aliphatic heterocycles. The van der Waals surface area contributed by atoms with Crippen LogP contribution in [-0.2, 0) is 14.8 Å². The fraction of sp³-hybridized carbons (Fsp3) is 0.625. The third-order valence-corrected chi connectivity index (χ3v) is 2.87. The van der Waals surface area contributed by atoms with Gasteiger partial charge in [-0.2, -0.15) is 0 Å². The van der Waals surface area contributed by atoms with Gasteiger partial charge in [-0.05, 0) is 5.92 Å². The van der Waals surface area contributed by atoms with Crippen molar-refractivity contribution in [3.63, 3.8) is 0 Å². The van der Waals surface area contributed by atoms with E-state index < -0.39 is 10.0 Å². The van der Waals surface area contributed by atoms with E-state index in [4.69, 9.17) is 0 Å². The molecule has 1 atom stereocenters. The lowest BCUT2D eigenvalue weighted by Crippen LogP contribution is -2.32. The highest BCUT2D eigenvalue weighted by Gasteiger charge is 2.09. The maximum atomic E-state index is 11.0. The highest BCUT2D eigenvalue weighted by Crippen LogP contribution is 1.99. The van der Waals surface area contributed by atoms with Crippen LogP contribution in [0.5, 0.6) is 0 Å². The van der Waals surface area contributed by atoms with Gasteiger partial charge < -0.3 is 5.32 Å². The summed E-state index contributed by atoms with van der Waals surface area (Å²) in [6.07, 6.45) is 1.39. The summed E-state index contributed by atoms with van der Waals surface area (Å²) in [5, 5.41) is 3.38. The number of hydrogen-bond donors (Lipinski definition) is 2. The molecule has 2 N–H and O–H groups in total. The van der Waals surface area contributed by atoms with E-state index in [0.717, 1.165) is 11.8 Å². The zero-order valence-electron chi connectivity index (χ0n) is 8.19. The Hall–Kier alpha value is -0.880. The van der Waals surface area contributed by atoms with Gasteiger partial charge in [-0.1, -0.05) is 19.9 Å². The summed E-state index contributed by atoms with van der Waals surface area (Å²) in [5.74, 6) is 0.106. The number of sulfonamides is 1. The fourth-order valence-electron chi connectivity index (χ4n) is 0.869. The summed E-state index contributed by atoms with van der Waals surface area (Å²) < 4.78 is 24.3. The highest BCUT2D eigenvalue weighted by molar-refractivity contribution is 7.92. The molecular formula is C8H16N2O3S. The third-order valence-electron chi connectivity index (χ3n) is 1.86. The van der Waals surface area contributed by atoms with Crippen LogP contribution in [-0.4, -0.2) is 27.9 Å².